The molecule has 5 heteroatoms. The van der Waals surface area contributed by atoms with Crippen LogP contribution < -0.4 is 0 Å². The van der Waals surface area contributed by atoms with Crippen LogP contribution in [-0.2, 0) is 0 Å². The molecular weight excluding hydrogens is 212 g/mol. The highest BCUT2D eigenvalue weighted by Gasteiger charge is 2.07. The molecule has 2 heterocycles. The number of nitrogens with zero attached hydrogens (tertiary/aromatic N) is 4. The summed E-state index contributed by atoms with van der Waals surface area (Å²) in [7, 11) is 0. The fourth-order valence-corrected chi connectivity index (χ4v) is 1.59. The second-order valence-electron chi connectivity index (χ2n) is 3.42. The summed E-state index contributed by atoms with van der Waals surface area (Å²) in [6, 6.07) is 1.88. The van der Waals surface area contributed by atoms with Crippen LogP contribution in [0.25, 0.3) is 5.82 Å². The molecule has 78 valence electrons. The third-order valence-electron chi connectivity index (χ3n) is 2.31. The molecular formula is C10H11ClN4. The lowest BCUT2D eigenvalue weighted by atomic mass is 10.3. The van der Waals surface area contributed by atoms with Gasteiger partial charge in [-0.15, -0.1) is 0 Å². The van der Waals surface area contributed by atoms with E-state index < -0.39 is 0 Å². The summed E-state index contributed by atoms with van der Waals surface area (Å²) in [6.45, 7) is 5.84. The molecule has 0 N–H and O–H groups in total. The van der Waals surface area contributed by atoms with E-state index in [1.807, 2.05) is 31.4 Å². The lowest BCUT2D eigenvalue weighted by Crippen LogP contribution is -2.01. The van der Waals surface area contributed by atoms with Crippen molar-refractivity contribution in [1.82, 2.24) is 19.5 Å². The van der Waals surface area contributed by atoms with E-state index in [-0.39, 0.29) is 5.28 Å². The molecule has 0 spiro atoms. The zero-order chi connectivity index (χ0) is 11.0. The van der Waals surface area contributed by atoms with Crippen molar-refractivity contribution in [2.45, 2.75) is 20.8 Å². The molecule has 2 rings (SSSR count). The topological polar surface area (TPSA) is 43.6 Å². The van der Waals surface area contributed by atoms with Gasteiger partial charge in [-0.1, -0.05) is 0 Å². The third kappa shape index (κ3) is 1.85. The number of halogens is 1. The van der Waals surface area contributed by atoms with Gasteiger partial charge in [-0.05, 0) is 32.4 Å². The number of hydrogen-bond donors (Lipinski definition) is 0. The number of hydrogen-bond acceptors (Lipinski definition) is 3. The van der Waals surface area contributed by atoms with E-state index in [0.717, 1.165) is 22.9 Å². The maximum Gasteiger partial charge on any atom is 0.224 e. The number of aryl methyl sites for hydroxylation is 2. The number of aromatic nitrogens is 4. The zero-order valence-electron chi connectivity index (χ0n) is 8.82. The second-order valence-corrected chi connectivity index (χ2v) is 3.76. The molecule has 0 aliphatic rings. The number of imidazole rings is 1. The Morgan fingerprint density at radius 1 is 1.20 bits per heavy atom. The predicted molar refractivity (Wildman–Crippen MR) is 58.4 cm³/mol. The Morgan fingerprint density at radius 2 is 1.93 bits per heavy atom. The molecule has 0 aliphatic carbocycles. The largest absolute Gasteiger partial charge is 0.287 e. The van der Waals surface area contributed by atoms with Gasteiger partial charge in [0.15, 0.2) is 0 Å². The predicted octanol–water partition coefficient (Wildman–Crippen LogP) is 2.24. The van der Waals surface area contributed by atoms with E-state index in [1.54, 1.807) is 6.33 Å². The van der Waals surface area contributed by atoms with Crippen LogP contribution in [0, 0.1) is 20.8 Å². The normalized spacial score (nSPS) is 10.7. The van der Waals surface area contributed by atoms with Crippen LogP contribution >= 0.6 is 11.6 Å². The Kier molecular flexibility index (Phi) is 2.44. The number of rotatable bonds is 1. The van der Waals surface area contributed by atoms with Gasteiger partial charge >= 0.3 is 0 Å². The van der Waals surface area contributed by atoms with Gasteiger partial charge in [0, 0.05) is 17.5 Å². The van der Waals surface area contributed by atoms with Crippen LogP contribution in [0.15, 0.2) is 12.4 Å². The van der Waals surface area contributed by atoms with Crippen LogP contribution in [0.5, 0.6) is 0 Å². The summed E-state index contributed by atoms with van der Waals surface area (Å²) in [5, 5.41) is 0.260. The van der Waals surface area contributed by atoms with E-state index >= 15 is 0 Å². The average molecular weight is 223 g/mol. The Labute approximate surface area is 93.0 Å². The first-order valence-corrected chi connectivity index (χ1v) is 4.98. The second kappa shape index (κ2) is 3.62. The highest BCUT2D eigenvalue weighted by molar-refractivity contribution is 6.28. The van der Waals surface area contributed by atoms with Gasteiger partial charge in [-0.25, -0.2) is 9.97 Å². The Balaban J connectivity index is 2.58. The Morgan fingerprint density at radius 3 is 2.47 bits per heavy atom. The molecule has 2 aromatic rings. The molecule has 15 heavy (non-hydrogen) atoms. The van der Waals surface area contributed by atoms with Gasteiger partial charge in [0.2, 0.25) is 5.28 Å². The van der Waals surface area contributed by atoms with E-state index in [9.17, 15) is 0 Å². The summed E-state index contributed by atoms with van der Waals surface area (Å²) in [5.41, 5.74) is 2.89. The maximum atomic E-state index is 5.80. The molecule has 0 aromatic carbocycles. The first-order chi connectivity index (χ1) is 7.08. The minimum Gasteiger partial charge on any atom is -0.287 e. The lowest BCUT2D eigenvalue weighted by molar-refractivity contribution is 0.925. The first kappa shape index (κ1) is 10.1. The van der Waals surface area contributed by atoms with Crippen LogP contribution in [0.2, 0.25) is 5.28 Å². The highest BCUT2D eigenvalue weighted by Crippen LogP contribution is 2.14. The van der Waals surface area contributed by atoms with Gasteiger partial charge in [0.25, 0.3) is 0 Å². The van der Waals surface area contributed by atoms with Crippen LogP contribution in [0.4, 0.5) is 0 Å². The zero-order valence-corrected chi connectivity index (χ0v) is 9.58. The quantitative estimate of drug-likeness (QED) is 0.695. The van der Waals surface area contributed by atoms with Crippen LogP contribution in [-0.4, -0.2) is 19.5 Å². The highest BCUT2D eigenvalue weighted by atomic mass is 35.5. The molecule has 0 unspecified atom stereocenters. The van der Waals surface area contributed by atoms with Crippen molar-refractivity contribution in [1.29, 1.82) is 0 Å². The third-order valence-corrected chi connectivity index (χ3v) is 2.48. The van der Waals surface area contributed by atoms with E-state index in [1.165, 1.54) is 0 Å². The fraction of sp³-hybridized carbons (Fsp3) is 0.300. The van der Waals surface area contributed by atoms with Crippen molar-refractivity contribution >= 4 is 11.6 Å². The summed E-state index contributed by atoms with van der Waals surface area (Å²) < 4.78 is 1.90. The van der Waals surface area contributed by atoms with Gasteiger partial charge in [0.05, 0.1) is 5.69 Å². The molecule has 0 radical (unpaired) electrons. The molecule has 0 amide bonds. The summed E-state index contributed by atoms with van der Waals surface area (Å²) in [4.78, 5) is 12.4. The molecule has 0 atom stereocenters. The van der Waals surface area contributed by atoms with E-state index in [4.69, 9.17) is 11.6 Å². The lowest BCUT2D eigenvalue weighted by Gasteiger charge is -2.05. The van der Waals surface area contributed by atoms with E-state index in [2.05, 4.69) is 15.0 Å². The SMILES string of the molecule is Cc1cc(-n2cnc(C)c2C)nc(Cl)n1. The van der Waals surface area contributed by atoms with Gasteiger partial charge in [-0.3, -0.25) is 4.57 Å². The molecule has 0 saturated carbocycles. The minimum absolute atomic E-state index is 0.260. The summed E-state index contributed by atoms with van der Waals surface area (Å²) in [5.74, 6) is 0.755. The van der Waals surface area contributed by atoms with Crippen molar-refractivity contribution in [2.75, 3.05) is 0 Å². The van der Waals surface area contributed by atoms with Gasteiger partial charge in [-0.2, -0.15) is 4.98 Å². The Hall–Kier alpha value is -1.42. The molecule has 0 fully saturated rings. The summed E-state index contributed by atoms with van der Waals surface area (Å²) >= 11 is 5.80. The van der Waals surface area contributed by atoms with Crippen molar-refractivity contribution in [3.8, 4) is 5.82 Å². The fourth-order valence-electron chi connectivity index (χ4n) is 1.37. The van der Waals surface area contributed by atoms with Crippen molar-refractivity contribution < 1.29 is 0 Å². The minimum atomic E-state index is 0.260. The van der Waals surface area contributed by atoms with Crippen molar-refractivity contribution in [3.05, 3.63) is 34.8 Å². The molecule has 0 saturated heterocycles. The summed E-state index contributed by atoms with van der Waals surface area (Å²) in [6.07, 6.45) is 1.74. The average Bonchev–Trinajstić information content (AvgIpc) is 2.46. The molecule has 0 aliphatic heterocycles. The standard InChI is InChI=1S/C10H11ClN4/c1-6-4-9(14-10(11)13-6)15-5-12-7(2)8(15)3/h4-5H,1-3H3. The van der Waals surface area contributed by atoms with Crippen LogP contribution in [0.1, 0.15) is 17.1 Å². The van der Waals surface area contributed by atoms with Gasteiger partial charge in [0.1, 0.15) is 12.1 Å². The maximum absolute atomic E-state index is 5.80. The smallest absolute Gasteiger partial charge is 0.224 e. The Bertz CT molecular complexity index is 484. The van der Waals surface area contributed by atoms with Gasteiger partial charge < -0.3 is 0 Å². The van der Waals surface area contributed by atoms with Crippen LogP contribution in [0.3, 0.4) is 0 Å². The molecule has 4 nitrogen and oxygen atoms in total. The first-order valence-electron chi connectivity index (χ1n) is 4.60. The van der Waals surface area contributed by atoms with Crippen molar-refractivity contribution in [3.63, 3.8) is 0 Å². The molecule has 2 aromatic heterocycles. The monoisotopic (exact) mass is 222 g/mol. The molecule has 0 bridgehead atoms. The van der Waals surface area contributed by atoms with E-state index in [0.29, 0.717) is 0 Å². The van der Waals surface area contributed by atoms with Crippen molar-refractivity contribution in [2.24, 2.45) is 0 Å².